The van der Waals surface area contributed by atoms with E-state index in [0.717, 1.165) is 11.2 Å². The molecule has 1 unspecified atom stereocenters. The number of benzene rings is 1. The lowest BCUT2D eigenvalue weighted by molar-refractivity contribution is 0.608. The van der Waals surface area contributed by atoms with Gasteiger partial charge in [-0.1, -0.05) is 18.2 Å². The number of pyridine rings is 1. The Kier molecular flexibility index (Phi) is 3.59. The number of rotatable bonds is 2. The third kappa shape index (κ3) is 2.66. The van der Waals surface area contributed by atoms with Crippen molar-refractivity contribution in [3.8, 4) is 0 Å². The zero-order chi connectivity index (χ0) is 14.2. The highest BCUT2D eigenvalue weighted by atomic mass is 127. The number of hydrogen-bond donors (Lipinski definition) is 1. The van der Waals surface area contributed by atoms with Crippen LogP contribution in [0.5, 0.6) is 0 Å². The first-order valence-corrected chi connectivity index (χ1v) is 9.08. The van der Waals surface area contributed by atoms with Gasteiger partial charge in [0.1, 0.15) is 0 Å². The number of halogens is 1. The van der Waals surface area contributed by atoms with Gasteiger partial charge < -0.3 is 5.32 Å². The van der Waals surface area contributed by atoms with Crippen molar-refractivity contribution in [3.05, 3.63) is 55.9 Å². The van der Waals surface area contributed by atoms with Crippen LogP contribution in [-0.4, -0.2) is 4.98 Å². The Balaban J connectivity index is 1.66. The van der Waals surface area contributed by atoms with Gasteiger partial charge >= 0.3 is 0 Å². The van der Waals surface area contributed by atoms with Gasteiger partial charge in [-0.2, -0.15) is 0 Å². The number of nitrogens with one attached hydrogen (secondary N) is 1. The number of hydrogen-bond acceptors (Lipinski definition) is 3. The van der Waals surface area contributed by atoms with Crippen molar-refractivity contribution in [3.63, 3.8) is 0 Å². The average Bonchev–Trinajstić information content (AvgIpc) is 2.89. The van der Waals surface area contributed by atoms with E-state index in [0.29, 0.717) is 6.04 Å². The number of aryl methyl sites for hydroxylation is 1. The highest BCUT2D eigenvalue weighted by molar-refractivity contribution is 14.1. The van der Waals surface area contributed by atoms with Gasteiger partial charge in [-0.3, -0.25) is 4.98 Å². The van der Waals surface area contributed by atoms with Crippen LogP contribution < -0.4 is 5.32 Å². The van der Waals surface area contributed by atoms with Crippen molar-refractivity contribution in [2.45, 2.75) is 25.3 Å². The van der Waals surface area contributed by atoms with E-state index in [1.54, 1.807) is 4.88 Å². The third-order valence-corrected chi connectivity index (χ3v) is 5.99. The van der Waals surface area contributed by atoms with Gasteiger partial charge in [0.15, 0.2) is 0 Å². The number of fused-ring (bicyclic) bond motifs is 2. The van der Waals surface area contributed by atoms with Crippen LogP contribution in [0.1, 0.15) is 29.3 Å². The number of para-hydroxylation sites is 1. The minimum absolute atomic E-state index is 0.427. The van der Waals surface area contributed by atoms with E-state index in [-0.39, 0.29) is 0 Å². The van der Waals surface area contributed by atoms with Crippen molar-refractivity contribution >= 4 is 50.5 Å². The molecule has 0 fully saturated rings. The van der Waals surface area contributed by atoms with E-state index in [2.05, 4.69) is 63.2 Å². The third-order valence-electron chi connectivity index (χ3n) is 4.02. The predicted octanol–water partition coefficient (Wildman–Crippen LogP) is 5.39. The summed E-state index contributed by atoms with van der Waals surface area (Å²) in [4.78, 5) is 6.10. The van der Waals surface area contributed by atoms with Crippen LogP contribution in [-0.2, 0) is 6.42 Å². The standard InChI is InChI=1S/C17H15IN2S/c18-17-9-13-15(6-3-7-16(13)21-17)20-12-8-11-4-1-2-5-14(11)19-10-12/h1-2,4-5,8-10,15,20H,3,6-7H2. The van der Waals surface area contributed by atoms with Crippen LogP contribution in [0.2, 0.25) is 0 Å². The average molecular weight is 406 g/mol. The van der Waals surface area contributed by atoms with Gasteiger partial charge in [0.2, 0.25) is 0 Å². The number of aromatic nitrogens is 1. The maximum Gasteiger partial charge on any atom is 0.0703 e. The zero-order valence-corrected chi connectivity index (χ0v) is 14.4. The van der Waals surface area contributed by atoms with Gasteiger partial charge in [-0.15, -0.1) is 11.3 Å². The Morgan fingerprint density at radius 2 is 2.14 bits per heavy atom. The number of anilines is 1. The van der Waals surface area contributed by atoms with Crippen LogP contribution in [0.4, 0.5) is 5.69 Å². The van der Waals surface area contributed by atoms with E-state index in [1.807, 2.05) is 23.6 Å². The second-order valence-electron chi connectivity index (χ2n) is 5.43. The maximum absolute atomic E-state index is 4.55. The number of nitrogens with zero attached hydrogens (tertiary/aromatic N) is 1. The van der Waals surface area contributed by atoms with Crippen LogP contribution in [0.15, 0.2) is 42.6 Å². The molecule has 2 aromatic heterocycles. The molecule has 2 nitrogen and oxygen atoms in total. The summed E-state index contributed by atoms with van der Waals surface area (Å²) in [5.41, 5.74) is 3.66. The number of thiophene rings is 1. The summed E-state index contributed by atoms with van der Waals surface area (Å²) < 4.78 is 1.39. The SMILES string of the molecule is Ic1cc2c(s1)CCCC2Nc1cnc2ccccc2c1. The van der Waals surface area contributed by atoms with Gasteiger partial charge in [0, 0.05) is 10.3 Å². The molecule has 0 bridgehead atoms. The molecule has 0 saturated heterocycles. The van der Waals surface area contributed by atoms with Gasteiger partial charge in [-0.05, 0) is 65.6 Å². The van der Waals surface area contributed by atoms with Gasteiger partial charge in [0.25, 0.3) is 0 Å². The van der Waals surface area contributed by atoms with E-state index in [4.69, 9.17) is 0 Å². The molecular weight excluding hydrogens is 391 g/mol. The Morgan fingerprint density at radius 3 is 3.10 bits per heavy atom. The van der Waals surface area contributed by atoms with Crippen molar-refractivity contribution in [1.82, 2.24) is 4.98 Å². The summed E-state index contributed by atoms with van der Waals surface area (Å²) in [6.45, 7) is 0. The molecule has 1 aliphatic carbocycles. The summed E-state index contributed by atoms with van der Waals surface area (Å²) in [6, 6.07) is 13.2. The maximum atomic E-state index is 4.55. The zero-order valence-electron chi connectivity index (χ0n) is 11.5. The molecule has 0 aliphatic heterocycles. The molecule has 4 rings (SSSR count). The molecule has 1 aliphatic rings. The molecule has 0 radical (unpaired) electrons. The normalized spacial score (nSPS) is 17.7. The van der Waals surface area contributed by atoms with Gasteiger partial charge in [0.05, 0.1) is 26.3 Å². The van der Waals surface area contributed by atoms with E-state index in [1.165, 1.54) is 33.1 Å². The summed E-state index contributed by atoms with van der Waals surface area (Å²) in [5, 5.41) is 4.88. The lowest BCUT2D eigenvalue weighted by Gasteiger charge is -2.24. The predicted molar refractivity (Wildman–Crippen MR) is 98.1 cm³/mol. The molecule has 106 valence electrons. The molecule has 0 saturated carbocycles. The molecule has 1 atom stereocenters. The summed E-state index contributed by atoms with van der Waals surface area (Å²) >= 11 is 4.37. The molecule has 4 heteroatoms. The van der Waals surface area contributed by atoms with Crippen LogP contribution >= 0.6 is 33.9 Å². The van der Waals surface area contributed by atoms with Crippen LogP contribution in [0, 0.1) is 2.88 Å². The van der Waals surface area contributed by atoms with Crippen LogP contribution in [0.25, 0.3) is 10.9 Å². The van der Waals surface area contributed by atoms with Crippen LogP contribution in [0.3, 0.4) is 0 Å². The van der Waals surface area contributed by atoms with Crippen molar-refractivity contribution in [2.75, 3.05) is 5.32 Å². The van der Waals surface area contributed by atoms with Gasteiger partial charge in [-0.25, -0.2) is 0 Å². The highest BCUT2D eigenvalue weighted by Gasteiger charge is 2.22. The smallest absolute Gasteiger partial charge is 0.0703 e. The molecule has 1 aromatic carbocycles. The molecule has 1 N–H and O–H groups in total. The first-order valence-electron chi connectivity index (χ1n) is 7.19. The lowest BCUT2D eigenvalue weighted by Crippen LogP contribution is -2.15. The van der Waals surface area contributed by atoms with Crippen molar-refractivity contribution < 1.29 is 0 Å². The Morgan fingerprint density at radius 1 is 1.24 bits per heavy atom. The minimum Gasteiger partial charge on any atom is -0.377 e. The molecule has 0 amide bonds. The quantitative estimate of drug-likeness (QED) is 0.578. The van der Waals surface area contributed by atoms with E-state index >= 15 is 0 Å². The van der Waals surface area contributed by atoms with E-state index in [9.17, 15) is 0 Å². The van der Waals surface area contributed by atoms with Crippen molar-refractivity contribution in [2.24, 2.45) is 0 Å². The fourth-order valence-corrected chi connectivity index (χ4v) is 5.14. The minimum atomic E-state index is 0.427. The lowest BCUT2D eigenvalue weighted by atomic mass is 9.94. The summed E-state index contributed by atoms with van der Waals surface area (Å²) in [7, 11) is 0. The molecule has 21 heavy (non-hydrogen) atoms. The topological polar surface area (TPSA) is 24.9 Å². The summed E-state index contributed by atoms with van der Waals surface area (Å²) in [5.74, 6) is 0. The molecule has 3 aromatic rings. The van der Waals surface area contributed by atoms with Crippen molar-refractivity contribution in [1.29, 1.82) is 0 Å². The first-order chi connectivity index (χ1) is 10.3. The Hall–Kier alpha value is -1.14. The Labute approximate surface area is 141 Å². The monoisotopic (exact) mass is 406 g/mol. The largest absolute Gasteiger partial charge is 0.377 e. The Bertz CT molecular complexity index is 796. The second-order valence-corrected chi connectivity index (χ2v) is 8.47. The summed E-state index contributed by atoms with van der Waals surface area (Å²) in [6.07, 6.45) is 5.65. The van der Waals surface area contributed by atoms with E-state index < -0.39 is 0 Å². The molecule has 2 heterocycles. The second kappa shape index (κ2) is 5.57. The molecule has 0 spiro atoms. The first kappa shape index (κ1) is 13.5. The fraction of sp³-hybridized carbons (Fsp3) is 0.235. The highest BCUT2D eigenvalue weighted by Crippen LogP contribution is 2.38. The fourth-order valence-electron chi connectivity index (χ4n) is 3.02. The molecular formula is C17H15IN2S.